The maximum Gasteiger partial charge on any atom is 0.252 e. The molecule has 0 aromatic heterocycles. The smallest absolute Gasteiger partial charge is 0.252 e. The van der Waals surface area contributed by atoms with Crippen molar-refractivity contribution in [3.8, 4) is 11.5 Å². The molecule has 7 aliphatic rings. The fourth-order valence-electron chi connectivity index (χ4n) is 12.7. The molecule has 0 amide bonds. The highest BCUT2D eigenvalue weighted by molar-refractivity contribution is 7.00. The van der Waals surface area contributed by atoms with Gasteiger partial charge in [-0.25, -0.2) is 0 Å². The monoisotopic (exact) mass is 665 g/mol. The summed E-state index contributed by atoms with van der Waals surface area (Å²) in [7, 11) is 0. The topological polar surface area (TPSA) is 19.0 Å². The molecule has 5 aromatic carbocycles. The molecule has 0 radical (unpaired) electrons. The fraction of sp³-hybridized carbons (Fsp3) is 0.348. The van der Waals surface area contributed by atoms with Crippen LogP contribution in [0.15, 0.2) is 97.1 Å². The van der Waals surface area contributed by atoms with Crippen LogP contribution in [0.1, 0.15) is 90.2 Å². The quantitative estimate of drug-likeness (QED) is 0.163. The van der Waals surface area contributed by atoms with Crippen molar-refractivity contribution in [3.05, 3.63) is 108 Å². The molecule has 4 nitrogen and oxygen atoms in total. The van der Waals surface area contributed by atoms with Crippen molar-refractivity contribution in [1.29, 1.82) is 0 Å². The number of hydrogen-bond donors (Lipinski definition) is 0. The molecule has 5 heteroatoms. The van der Waals surface area contributed by atoms with Crippen molar-refractivity contribution in [2.45, 2.75) is 101 Å². The van der Waals surface area contributed by atoms with E-state index < -0.39 is 0 Å². The number of ether oxygens (including phenoxy) is 1. The van der Waals surface area contributed by atoms with Crippen molar-refractivity contribution in [2.75, 3.05) is 14.7 Å². The van der Waals surface area contributed by atoms with Crippen molar-refractivity contribution in [2.24, 2.45) is 0 Å². The van der Waals surface area contributed by atoms with E-state index in [0.29, 0.717) is 0 Å². The van der Waals surface area contributed by atoms with Crippen LogP contribution in [0.25, 0.3) is 0 Å². The number of anilines is 7. The van der Waals surface area contributed by atoms with Crippen molar-refractivity contribution in [3.63, 3.8) is 0 Å². The number of para-hydroxylation sites is 6. The molecule has 0 spiro atoms. The van der Waals surface area contributed by atoms with Crippen LogP contribution in [0.5, 0.6) is 11.5 Å². The average Bonchev–Trinajstić information content (AvgIpc) is 3.50. The Labute approximate surface area is 302 Å². The maximum absolute atomic E-state index is 6.56. The van der Waals surface area contributed by atoms with E-state index in [1.807, 2.05) is 0 Å². The Bertz CT molecular complexity index is 2230. The Morgan fingerprint density at radius 2 is 1.00 bits per heavy atom. The Morgan fingerprint density at radius 1 is 0.529 bits per heavy atom. The Kier molecular flexibility index (Phi) is 5.25. The molecular weight excluding hydrogens is 621 g/mol. The van der Waals surface area contributed by atoms with E-state index in [0.717, 1.165) is 22.9 Å². The fourth-order valence-corrected chi connectivity index (χ4v) is 12.7. The second-order valence-corrected chi connectivity index (χ2v) is 17.5. The Hall–Kier alpha value is -4.64. The molecule has 252 valence electrons. The molecule has 51 heavy (non-hydrogen) atoms. The Morgan fingerprint density at radius 3 is 1.51 bits per heavy atom. The van der Waals surface area contributed by atoms with Crippen LogP contribution >= 0.6 is 0 Å². The maximum atomic E-state index is 6.56. The first-order chi connectivity index (χ1) is 24.8. The van der Waals surface area contributed by atoms with Crippen LogP contribution in [-0.2, 0) is 10.8 Å². The zero-order chi connectivity index (χ0) is 34.1. The molecule has 0 bridgehead atoms. The molecule has 5 aliphatic heterocycles. The highest BCUT2D eigenvalue weighted by Gasteiger charge is 2.64. The predicted octanol–water partition coefficient (Wildman–Crippen LogP) is 9.89. The number of rotatable bonds is 1. The predicted molar refractivity (Wildman–Crippen MR) is 211 cm³/mol. The normalized spacial score (nSPS) is 29.6. The highest BCUT2D eigenvalue weighted by atomic mass is 16.5. The summed E-state index contributed by atoms with van der Waals surface area (Å²) in [5.74, 6) is 1.81. The number of nitrogens with zero attached hydrogens (tertiary/aromatic N) is 3. The van der Waals surface area contributed by atoms with Gasteiger partial charge in [-0.15, -0.1) is 0 Å². The van der Waals surface area contributed by atoms with Gasteiger partial charge in [0.15, 0.2) is 11.5 Å². The van der Waals surface area contributed by atoms with Crippen molar-refractivity contribution in [1.82, 2.24) is 0 Å². The average molecular weight is 666 g/mol. The largest absolute Gasteiger partial charge is 0.453 e. The molecular formula is C46H44BN3O. The van der Waals surface area contributed by atoms with Gasteiger partial charge >= 0.3 is 0 Å². The number of hydrogen-bond acceptors (Lipinski definition) is 4. The van der Waals surface area contributed by atoms with E-state index in [-0.39, 0.29) is 28.6 Å². The number of fused-ring (bicyclic) bond motifs is 12. The molecule has 0 saturated heterocycles. The lowest BCUT2D eigenvalue weighted by Crippen LogP contribution is -2.66. The second kappa shape index (κ2) is 9.23. The molecule has 4 unspecified atom stereocenters. The summed E-state index contributed by atoms with van der Waals surface area (Å²) in [5, 5.41) is 0. The SMILES string of the molecule is CC12CCCCC1(C)N1c3cc(N4c5ccccc5Oc5ccccc54)cc4c3B(c3cccc2c31)c1cccc2c1N4C1(C)CCCCC21C. The standard InChI is InChI=1S/C46H44BN3O/c1-43-23-9-11-25-45(43,3)49-36-27-29(48-34-19-5-7-21-38(34)51-39-22-8-6-20-35(39)48)28-37-40(36)47(32-17-13-15-30(43)41(32)49)33-18-14-16-31-42(33)50(37)46(4)26-12-10-24-44(31,46)2/h5-8,13-22,27-28H,9-12,23-26H2,1-4H3. The van der Waals surface area contributed by atoms with E-state index in [1.54, 1.807) is 11.1 Å². The Balaban J connectivity index is 1.23. The first kappa shape index (κ1) is 29.0. The van der Waals surface area contributed by atoms with E-state index >= 15 is 0 Å². The van der Waals surface area contributed by atoms with Gasteiger partial charge in [0.1, 0.15) is 0 Å². The minimum atomic E-state index is -0.0156. The van der Waals surface area contributed by atoms with Crippen LogP contribution in [0, 0.1) is 0 Å². The lowest BCUT2D eigenvalue weighted by atomic mass is 9.33. The van der Waals surface area contributed by atoms with Gasteiger partial charge in [-0.2, -0.15) is 0 Å². The lowest BCUT2D eigenvalue weighted by Gasteiger charge is -2.55. The van der Waals surface area contributed by atoms with Gasteiger partial charge in [0.25, 0.3) is 6.71 Å². The second-order valence-electron chi connectivity index (χ2n) is 17.5. The minimum absolute atomic E-state index is 0.0156. The molecule has 5 heterocycles. The molecule has 2 saturated carbocycles. The lowest BCUT2D eigenvalue weighted by molar-refractivity contribution is 0.194. The van der Waals surface area contributed by atoms with Crippen LogP contribution in [0.4, 0.5) is 39.8 Å². The molecule has 2 fully saturated rings. The van der Waals surface area contributed by atoms with Gasteiger partial charge in [-0.1, -0.05) is 100 Å². The van der Waals surface area contributed by atoms with Crippen LogP contribution in [-0.4, -0.2) is 17.8 Å². The van der Waals surface area contributed by atoms with E-state index in [2.05, 4.69) is 139 Å². The highest BCUT2D eigenvalue weighted by Crippen LogP contribution is 2.65. The van der Waals surface area contributed by atoms with E-state index in [1.165, 1.54) is 96.2 Å². The minimum Gasteiger partial charge on any atom is -0.453 e. The van der Waals surface area contributed by atoms with E-state index in [4.69, 9.17) is 4.74 Å². The van der Waals surface area contributed by atoms with Crippen molar-refractivity contribution < 1.29 is 4.74 Å². The third-order valence-electron chi connectivity index (χ3n) is 15.5. The van der Waals surface area contributed by atoms with Crippen LogP contribution < -0.4 is 35.8 Å². The van der Waals surface area contributed by atoms with Crippen LogP contribution in [0.2, 0.25) is 0 Å². The summed E-state index contributed by atoms with van der Waals surface area (Å²) in [5.41, 5.74) is 17.0. The molecule has 4 atom stereocenters. The summed E-state index contributed by atoms with van der Waals surface area (Å²) >= 11 is 0. The summed E-state index contributed by atoms with van der Waals surface area (Å²) < 4.78 is 6.56. The molecule has 0 N–H and O–H groups in total. The van der Waals surface area contributed by atoms with Crippen LogP contribution in [0.3, 0.4) is 0 Å². The summed E-state index contributed by atoms with van der Waals surface area (Å²) in [6.07, 6.45) is 10.0. The number of benzene rings is 5. The van der Waals surface area contributed by atoms with Gasteiger partial charge < -0.3 is 19.4 Å². The third-order valence-corrected chi connectivity index (χ3v) is 15.5. The van der Waals surface area contributed by atoms with Gasteiger partial charge in [0.2, 0.25) is 0 Å². The first-order valence-corrected chi connectivity index (χ1v) is 19.5. The summed E-state index contributed by atoms with van der Waals surface area (Å²) in [6.45, 7) is 10.6. The van der Waals surface area contributed by atoms with Gasteiger partial charge in [0, 0.05) is 33.6 Å². The van der Waals surface area contributed by atoms with Gasteiger partial charge in [0.05, 0.1) is 28.1 Å². The first-order valence-electron chi connectivity index (χ1n) is 19.5. The zero-order valence-electron chi connectivity index (χ0n) is 30.2. The third kappa shape index (κ3) is 3.12. The summed E-state index contributed by atoms with van der Waals surface area (Å²) in [6, 6.07) is 37.0. The van der Waals surface area contributed by atoms with E-state index in [9.17, 15) is 0 Å². The van der Waals surface area contributed by atoms with Gasteiger partial charge in [-0.05, 0) is 103 Å². The zero-order valence-corrected chi connectivity index (χ0v) is 30.2. The molecule has 2 aliphatic carbocycles. The van der Waals surface area contributed by atoms with Crippen molar-refractivity contribution >= 4 is 62.9 Å². The summed E-state index contributed by atoms with van der Waals surface area (Å²) in [4.78, 5) is 8.24. The molecule has 5 aromatic rings. The molecule has 12 rings (SSSR count). The van der Waals surface area contributed by atoms with Gasteiger partial charge in [-0.3, -0.25) is 0 Å².